The van der Waals surface area contributed by atoms with Gasteiger partial charge in [0, 0.05) is 54.6 Å². The summed E-state index contributed by atoms with van der Waals surface area (Å²) in [6.45, 7) is 7.49. The Morgan fingerprint density at radius 3 is 2.12 bits per heavy atom. The van der Waals surface area contributed by atoms with Crippen LogP contribution < -0.4 is 36.5 Å². The SMILES string of the molecule is CCOc1cc(C(Nc2ccc3c(N)nccc3c2)(OC(=O)C(F)(F)F)C(=O)NCc2cc(NC(C)=O)cc(NC(C)=O)c2)ccc1OC(C)C. The number of rotatable bonds is 13. The van der Waals surface area contributed by atoms with E-state index in [1.54, 1.807) is 26.8 Å². The molecular formula is C35H37F3N6O7. The number of nitrogens with two attached hydrogens (primary N) is 1. The van der Waals surface area contributed by atoms with Crippen LogP contribution in [-0.4, -0.2) is 47.6 Å². The monoisotopic (exact) mass is 710 g/mol. The molecule has 0 bridgehead atoms. The maximum Gasteiger partial charge on any atom is 0.491 e. The van der Waals surface area contributed by atoms with E-state index in [4.69, 9.17) is 19.9 Å². The van der Waals surface area contributed by atoms with E-state index in [1.165, 1.54) is 74.6 Å². The summed E-state index contributed by atoms with van der Waals surface area (Å²) in [6.07, 6.45) is -4.41. The van der Waals surface area contributed by atoms with Crippen molar-refractivity contribution in [2.24, 2.45) is 0 Å². The molecule has 16 heteroatoms. The third kappa shape index (κ3) is 9.55. The van der Waals surface area contributed by atoms with Crippen LogP contribution in [0.5, 0.6) is 11.5 Å². The zero-order chi connectivity index (χ0) is 37.5. The number of nitrogen functional groups attached to an aromatic ring is 1. The van der Waals surface area contributed by atoms with E-state index in [1.807, 2.05) is 0 Å². The van der Waals surface area contributed by atoms with E-state index in [2.05, 4.69) is 26.3 Å². The summed E-state index contributed by atoms with van der Waals surface area (Å²) < 4.78 is 58.5. The summed E-state index contributed by atoms with van der Waals surface area (Å²) in [5.74, 6) is -4.26. The fourth-order valence-corrected chi connectivity index (χ4v) is 5.07. The lowest BCUT2D eigenvalue weighted by molar-refractivity contribution is -0.213. The number of amides is 3. The quantitative estimate of drug-likeness (QED) is 0.0864. The van der Waals surface area contributed by atoms with Gasteiger partial charge in [-0.25, -0.2) is 9.78 Å². The van der Waals surface area contributed by atoms with E-state index in [0.29, 0.717) is 16.3 Å². The minimum absolute atomic E-state index is 0.0612. The van der Waals surface area contributed by atoms with Crippen molar-refractivity contribution in [3.8, 4) is 11.5 Å². The number of halogens is 3. The third-order valence-electron chi connectivity index (χ3n) is 7.01. The predicted octanol–water partition coefficient (Wildman–Crippen LogP) is 5.61. The largest absolute Gasteiger partial charge is 0.491 e. The van der Waals surface area contributed by atoms with Crippen molar-refractivity contribution in [2.45, 2.75) is 59.2 Å². The van der Waals surface area contributed by atoms with E-state index in [-0.39, 0.29) is 59.2 Å². The molecule has 1 heterocycles. The molecule has 0 radical (unpaired) electrons. The first-order valence-corrected chi connectivity index (χ1v) is 15.6. The Hall–Kier alpha value is -6.06. The molecular weight excluding hydrogens is 673 g/mol. The van der Waals surface area contributed by atoms with Gasteiger partial charge >= 0.3 is 12.1 Å². The number of anilines is 4. The van der Waals surface area contributed by atoms with Gasteiger partial charge in [-0.15, -0.1) is 0 Å². The number of nitrogens with one attached hydrogen (secondary N) is 4. The number of ether oxygens (including phenoxy) is 3. The van der Waals surface area contributed by atoms with Crippen LogP contribution in [-0.2, 0) is 36.2 Å². The second-order valence-electron chi connectivity index (χ2n) is 11.6. The van der Waals surface area contributed by atoms with E-state index >= 15 is 0 Å². The van der Waals surface area contributed by atoms with Crippen LogP contribution in [0.4, 0.5) is 36.1 Å². The first kappa shape index (κ1) is 37.8. The normalized spacial score (nSPS) is 12.4. The summed E-state index contributed by atoms with van der Waals surface area (Å²) in [7, 11) is 0. The Morgan fingerprint density at radius 1 is 0.863 bits per heavy atom. The van der Waals surface area contributed by atoms with Crippen molar-refractivity contribution in [1.82, 2.24) is 10.3 Å². The Kier molecular flexibility index (Phi) is 11.6. The number of benzene rings is 3. The molecule has 3 aromatic carbocycles. The molecule has 0 fully saturated rings. The number of pyridine rings is 1. The average molecular weight is 711 g/mol. The van der Waals surface area contributed by atoms with Crippen molar-refractivity contribution in [1.29, 1.82) is 0 Å². The van der Waals surface area contributed by atoms with Crippen molar-refractivity contribution in [3.63, 3.8) is 0 Å². The molecule has 0 spiro atoms. The fraction of sp³-hybridized carbons (Fsp3) is 0.286. The topological polar surface area (TPSA) is 183 Å². The highest BCUT2D eigenvalue weighted by atomic mass is 19.4. The lowest BCUT2D eigenvalue weighted by Crippen LogP contribution is -2.54. The molecule has 0 aliphatic carbocycles. The van der Waals surface area contributed by atoms with Gasteiger partial charge in [-0.2, -0.15) is 13.2 Å². The first-order chi connectivity index (χ1) is 24.0. The van der Waals surface area contributed by atoms with Gasteiger partial charge in [-0.1, -0.05) is 0 Å². The van der Waals surface area contributed by atoms with Crippen molar-refractivity contribution in [2.75, 3.05) is 28.3 Å². The number of hydrogen-bond acceptors (Lipinski definition) is 10. The van der Waals surface area contributed by atoms with E-state index < -0.39 is 35.6 Å². The van der Waals surface area contributed by atoms with Gasteiger partial charge in [0.2, 0.25) is 11.8 Å². The molecule has 1 unspecified atom stereocenters. The van der Waals surface area contributed by atoms with E-state index in [0.717, 1.165) is 0 Å². The van der Waals surface area contributed by atoms with Crippen LogP contribution in [0.2, 0.25) is 0 Å². The highest BCUT2D eigenvalue weighted by Gasteiger charge is 2.52. The van der Waals surface area contributed by atoms with Crippen LogP contribution in [0, 0.1) is 0 Å². The van der Waals surface area contributed by atoms with Crippen LogP contribution >= 0.6 is 0 Å². The molecule has 4 aromatic rings. The van der Waals surface area contributed by atoms with Crippen molar-refractivity contribution in [3.05, 3.63) is 78.0 Å². The summed E-state index contributed by atoms with van der Waals surface area (Å²) in [5.41, 5.74) is 3.77. The van der Waals surface area contributed by atoms with Gasteiger partial charge in [-0.05, 0) is 92.4 Å². The van der Waals surface area contributed by atoms with Gasteiger partial charge < -0.3 is 41.2 Å². The van der Waals surface area contributed by atoms with Gasteiger partial charge in [0.15, 0.2) is 11.5 Å². The van der Waals surface area contributed by atoms with Crippen LogP contribution in [0.3, 0.4) is 0 Å². The number of esters is 1. The molecule has 4 rings (SSSR count). The minimum atomic E-state index is -5.51. The number of carbonyl (C=O) groups is 4. The zero-order valence-corrected chi connectivity index (χ0v) is 28.4. The van der Waals surface area contributed by atoms with Gasteiger partial charge in [0.1, 0.15) is 5.82 Å². The Balaban J connectivity index is 1.90. The summed E-state index contributed by atoms with van der Waals surface area (Å²) >= 11 is 0. The smallest absolute Gasteiger partial charge is 0.490 e. The van der Waals surface area contributed by atoms with Crippen LogP contribution in [0.25, 0.3) is 10.8 Å². The highest BCUT2D eigenvalue weighted by molar-refractivity contribution is 5.96. The van der Waals surface area contributed by atoms with E-state index in [9.17, 15) is 32.3 Å². The Morgan fingerprint density at radius 2 is 1.53 bits per heavy atom. The lowest BCUT2D eigenvalue weighted by Gasteiger charge is -2.35. The molecule has 1 aromatic heterocycles. The number of aromatic nitrogens is 1. The van der Waals surface area contributed by atoms with Gasteiger partial charge in [-0.3, -0.25) is 14.4 Å². The summed E-state index contributed by atoms with van der Waals surface area (Å²) in [5, 5.41) is 11.5. The fourth-order valence-electron chi connectivity index (χ4n) is 5.07. The Bertz CT molecular complexity index is 1920. The van der Waals surface area contributed by atoms with Crippen LogP contribution in [0.1, 0.15) is 45.7 Å². The standard InChI is InChI=1S/C35H37F3N6O7/c1-6-49-30-16-24(7-10-29(30)50-19(2)3)34(51-33(48)35(36,37)38,44-25-8-9-28-23(15-25)11-12-40-31(28)39)32(47)41-18-22-13-26(42-20(4)45)17-27(14-22)43-21(5)46/h7-17,19,44H,6,18H2,1-5H3,(H2,39,40)(H,41,47)(H,42,45)(H,43,46). The molecule has 1 atom stereocenters. The predicted molar refractivity (Wildman–Crippen MR) is 184 cm³/mol. The molecule has 0 aliphatic rings. The van der Waals surface area contributed by atoms with Crippen LogP contribution in [0.15, 0.2) is 66.9 Å². The van der Waals surface area contributed by atoms with Crippen molar-refractivity contribution >= 4 is 57.3 Å². The number of nitrogens with zero attached hydrogens (tertiary/aromatic N) is 1. The molecule has 3 amide bonds. The number of alkyl halides is 3. The number of carbonyl (C=O) groups excluding carboxylic acids is 4. The average Bonchev–Trinajstić information content (AvgIpc) is 3.03. The highest BCUT2D eigenvalue weighted by Crippen LogP contribution is 2.38. The Labute approximate surface area is 291 Å². The number of hydrogen-bond donors (Lipinski definition) is 5. The zero-order valence-electron chi connectivity index (χ0n) is 28.4. The second-order valence-corrected chi connectivity index (χ2v) is 11.6. The molecule has 270 valence electrons. The second kappa shape index (κ2) is 15.7. The maximum atomic E-state index is 14.4. The first-order valence-electron chi connectivity index (χ1n) is 15.6. The molecule has 0 saturated heterocycles. The summed E-state index contributed by atoms with van der Waals surface area (Å²) in [6, 6.07) is 14.4. The molecule has 51 heavy (non-hydrogen) atoms. The number of fused-ring (bicyclic) bond motifs is 1. The van der Waals surface area contributed by atoms with Gasteiger partial charge in [0.05, 0.1) is 12.7 Å². The third-order valence-corrected chi connectivity index (χ3v) is 7.01. The summed E-state index contributed by atoms with van der Waals surface area (Å²) in [4.78, 5) is 54.7. The molecule has 13 nitrogen and oxygen atoms in total. The minimum Gasteiger partial charge on any atom is -0.490 e. The molecule has 0 saturated carbocycles. The lowest BCUT2D eigenvalue weighted by atomic mass is 9.99. The molecule has 6 N–H and O–H groups in total. The van der Waals surface area contributed by atoms with Crippen molar-refractivity contribution < 1.29 is 46.6 Å². The van der Waals surface area contributed by atoms with Gasteiger partial charge in [0.25, 0.3) is 11.6 Å². The molecule has 0 aliphatic heterocycles. The maximum absolute atomic E-state index is 14.4.